The second-order valence-corrected chi connectivity index (χ2v) is 7.94. The predicted octanol–water partition coefficient (Wildman–Crippen LogP) is 4.68. The maximum absolute atomic E-state index is 9.37. The number of thioether (sulfide) groups is 1. The van der Waals surface area contributed by atoms with Gasteiger partial charge in [0.15, 0.2) is 0 Å². The summed E-state index contributed by atoms with van der Waals surface area (Å²) in [5.74, 6) is 0. The number of fused-ring (bicyclic) bond motifs is 2. The second-order valence-electron chi connectivity index (χ2n) is 6.40. The Labute approximate surface area is 125 Å². The van der Waals surface area contributed by atoms with Gasteiger partial charge in [-0.1, -0.05) is 30.7 Å². The highest BCUT2D eigenvalue weighted by Crippen LogP contribution is 2.49. The van der Waals surface area contributed by atoms with Gasteiger partial charge >= 0.3 is 0 Å². The molecule has 0 radical (unpaired) electrons. The SMILES string of the molecule is N#CC1(c2cccc(C3=CC4CCCC(C3)S4)c2)CC1. The molecule has 0 N–H and O–H groups in total. The van der Waals surface area contributed by atoms with E-state index in [0.717, 1.165) is 23.3 Å². The van der Waals surface area contributed by atoms with E-state index < -0.39 is 0 Å². The molecule has 1 nitrogen and oxygen atoms in total. The van der Waals surface area contributed by atoms with Crippen LogP contribution in [-0.4, -0.2) is 10.5 Å². The fourth-order valence-electron chi connectivity index (χ4n) is 3.56. The molecule has 3 aliphatic rings. The van der Waals surface area contributed by atoms with Crippen molar-refractivity contribution in [2.24, 2.45) is 0 Å². The molecule has 0 spiro atoms. The number of nitrogens with zero attached hydrogens (tertiary/aromatic N) is 1. The van der Waals surface area contributed by atoms with E-state index in [1.165, 1.54) is 42.4 Å². The van der Waals surface area contributed by atoms with Crippen molar-refractivity contribution < 1.29 is 0 Å². The lowest BCUT2D eigenvalue weighted by molar-refractivity contribution is 0.630. The van der Waals surface area contributed by atoms with Gasteiger partial charge in [0.25, 0.3) is 0 Å². The predicted molar refractivity (Wildman–Crippen MR) is 84.6 cm³/mol. The summed E-state index contributed by atoms with van der Waals surface area (Å²) in [5, 5.41) is 10.9. The number of allylic oxidation sites excluding steroid dienone is 1. The Morgan fingerprint density at radius 3 is 2.90 bits per heavy atom. The second kappa shape index (κ2) is 4.67. The minimum absolute atomic E-state index is 0.157. The number of rotatable bonds is 2. The molecule has 102 valence electrons. The van der Waals surface area contributed by atoms with Gasteiger partial charge in [-0.05, 0) is 54.9 Å². The molecule has 2 atom stereocenters. The molecule has 2 aliphatic heterocycles. The van der Waals surface area contributed by atoms with Crippen molar-refractivity contribution >= 4 is 17.3 Å². The van der Waals surface area contributed by atoms with Gasteiger partial charge in [-0.2, -0.15) is 17.0 Å². The van der Waals surface area contributed by atoms with E-state index in [0.29, 0.717) is 0 Å². The van der Waals surface area contributed by atoms with Crippen molar-refractivity contribution in [3.05, 3.63) is 41.5 Å². The van der Waals surface area contributed by atoms with Crippen molar-refractivity contribution in [1.82, 2.24) is 0 Å². The molecule has 2 heteroatoms. The van der Waals surface area contributed by atoms with Crippen molar-refractivity contribution in [2.45, 2.75) is 54.4 Å². The largest absolute Gasteiger partial charge is 0.197 e. The van der Waals surface area contributed by atoms with Crippen LogP contribution in [0.15, 0.2) is 30.3 Å². The van der Waals surface area contributed by atoms with Crippen LogP contribution in [0.1, 0.15) is 49.7 Å². The van der Waals surface area contributed by atoms with Crippen LogP contribution in [0.25, 0.3) is 5.57 Å². The van der Waals surface area contributed by atoms with Crippen LogP contribution in [0.4, 0.5) is 0 Å². The highest BCUT2D eigenvalue weighted by atomic mass is 32.2. The Morgan fingerprint density at radius 1 is 1.25 bits per heavy atom. The topological polar surface area (TPSA) is 23.8 Å². The van der Waals surface area contributed by atoms with Gasteiger partial charge in [0.1, 0.15) is 0 Å². The lowest BCUT2D eigenvalue weighted by Crippen LogP contribution is -2.21. The standard InChI is InChI=1S/C18H19NS/c19-12-18(7-8-18)15-4-1-3-13(9-15)14-10-16-5-2-6-17(11-14)20-16/h1,3-4,9-10,16-17H,2,5-8,11H2. The summed E-state index contributed by atoms with van der Waals surface area (Å²) in [7, 11) is 0. The van der Waals surface area contributed by atoms with Gasteiger partial charge in [-0.15, -0.1) is 0 Å². The average molecular weight is 281 g/mol. The molecule has 1 saturated carbocycles. The van der Waals surface area contributed by atoms with Gasteiger partial charge in [-0.25, -0.2) is 0 Å². The zero-order chi connectivity index (χ0) is 13.6. The fraction of sp³-hybridized carbons (Fsp3) is 0.500. The Balaban J connectivity index is 1.68. The molecule has 2 bridgehead atoms. The van der Waals surface area contributed by atoms with E-state index in [1.807, 2.05) is 0 Å². The molecule has 20 heavy (non-hydrogen) atoms. The molecule has 1 saturated heterocycles. The summed E-state index contributed by atoms with van der Waals surface area (Å²) >= 11 is 2.17. The molecule has 0 amide bonds. The Bertz CT molecular complexity index is 606. The molecule has 2 unspecified atom stereocenters. The van der Waals surface area contributed by atoms with E-state index in [1.54, 1.807) is 0 Å². The summed E-state index contributed by atoms with van der Waals surface area (Å²) < 4.78 is 0. The average Bonchev–Trinajstić information content (AvgIpc) is 3.28. The molecule has 2 fully saturated rings. The van der Waals surface area contributed by atoms with E-state index in [2.05, 4.69) is 48.2 Å². The Morgan fingerprint density at radius 2 is 2.15 bits per heavy atom. The molecule has 2 heterocycles. The lowest BCUT2D eigenvalue weighted by Gasteiger charge is -2.33. The van der Waals surface area contributed by atoms with Gasteiger partial charge < -0.3 is 0 Å². The van der Waals surface area contributed by atoms with Crippen LogP contribution in [0.3, 0.4) is 0 Å². The van der Waals surface area contributed by atoms with Crippen LogP contribution in [0.5, 0.6) is 0 Å². The Hall–Kier alpha value is -1.20. The van der Waals surface area contributed by atoms with E-state index in [9.17, 15) is 5.26 Å². The van der Waals surface area contributed by atoms with Crippen LogP contribution >= 0.6 is 11.8 Å². The zero-order valence-corrected chi connectivity index (χ0v) is 12.5. The van der Waals surface area contributed by atoms with E-state index in [4.69, 9.17) is 0 Å². The van der Waals surface area contributed by atoms with E-state index in [-0.39, 0.29) is 5.41 Å². The van der Waals surface area contributed by atoms with Crippen molar-refractivity contribution in [1.29, 1.82) is 5.26 Å². The smallest absolute Gasteiger partial charge is 0.0824 e. The van der Waals surface area contributed by atoms with Gasteiger partial charge in [0.05, 0.1) is 11.5 Å². The molecule has 1 aromatic rings. The van der Waals surface area contributed by atoms with Gasteiger partial charge in [0.2, 0.25) is 0 Å². The molecule has 1 aromatic carbocycles. The minimum atomic E-state index is -0.157. The number of hydrogen-bond donors (Lipinski definition) is 0. The first-order chi connectivity index (χ1) is 9.79. The van der Waals surface area contributed by atoms with Gasteiger partial charge in [-0.3, -0.25) is 0 Å². The normalized spacial score (nSPS) is 30.2. The summed E-state index contributed by atoms with van der Waals surface area (Å²) in [5.41, 5.74) is 3.97. The first-order valence-corrected chi connectivity index (χ1v) is 8.62. The summed E-state index contributed by atoms with van der Waals surface area (Å²) in [4.78, 5) is 0. The number of hydrogen-bond acceptors (Lipinski definition) is 2. The van der Waals surface area contributed by atoms with Crippen molar-refractivity contribution in [2.75, 3.05) is 0 Å². The molecular weight excluding hydrogens is 262 g/mol. The van der Waals surface area contributed by atoms with Crippen LogP contribution in [0, 0.1) is 11.3 Å². The van der Waals surface area contributed by atoms with Crippen molar-refractivity contribution in [3.63, 3.8) is 0 Å². The van der Waals surface area contributed by atoms with Gasteiger partial charge in [0, 0.05) is 10.5 Å². The molecule has 1 aliphatic carbocycles. The van der Waals surface area contributed by atoms with Crippen LogP contribution in [-0.2, 0) is 5.41 Å². The van der Waals surface area contributed by atoms with E-state index >= 15 is 0 Å². The third-order valence-corrected chi connectivity index (χ3v) is 6.48. The maximum Gasteiger partial charge on any atom is 0.0824 e. The van der Waals surface area contributed by atoms with Crippen molar-refractivity contribution in [3.8, 4) is 6.07 Å². The monoisotopic (exact) mass is 281 g/mol. The minimum Gasteiger partial charge on any atom is -0.197 e. The first-order valence-electron chi connectivity index (χ1n) is 7.67. The highest BCUT2D eigenvalue weighted by Gasteiger charge is 2.45. The highest BCUT2D eigenvalue weighted by molar-refractivity contribution is 8.00. The third kappa shape index (κ3) is 2.09. The fourth-order valence-corrected chi connectivity index (χ4v) is 5.18. The quantitative estimate of drug-likeness (QED) is 0.785. The molecule has 0 aromatic heterocycles. The number of benzene rings is 1. The zero-order valence-electron chi connectivity index (χ0n) is 11.6. The molecular formula is C18H19NS. The molecule has 4 rings (SSSR count). The summed E-state index contributed by atoms with van der Waals surface area (Å²) in [6.07, 6.45) is 9.88. The summed E-state index contributed by atoms with van der Waals surface area (Å²) in [6, 6.07) is 11.3. The lowest BCUT2D eigenvalue weighted by atomic mass is 9.89. The number of nitriles is 1. The Kier molecular flexibility index (Phi) is 2.93. The van der Waals surface area contributed by atoms with Crippen LogP contribution in [0.2, 0.25) is 0 Å². The first kappa shape index (κ1) is 12.5. The van der Waals surface area contributed by atoms with Crippen LogP contribution < -0.4 is 0 Å². The maximum atomic E-state index is 9.37. The summed E-state index contributed by atoms with van der Waals surface area (Å²) in [6.45, 7) is 0. The third-order valence-electron chi connectivity index (χ3n) is 4.97.